The Hall–Kier alpha value is -0.380. The lowest BCUT2D eigenvalue weighted by atomic mass is 10.8. The Labute approximate surface area is 65.6 Å². The molecule has 0 bridgehead atoms. The van der Waals surface area contributed by atoms with Gasteiger partial charge < -0.3 is 14.4 Å². The molecule has 5 nitrogen and oxygen atoms in total. The van der Waals surface area contributed by atoms with Crippen molar-refractivity contribution in [2.75, 3.05) is 14.2 Å². The maximum Gasteiger partial charge on any atom is 0.351 e. The Kier molecular flexibility index (Phi) is 4.33. The third-order valence-electron chi connectivity index (χ3n) is 1.29. The molecule has 0 aliphatic rings. The molecule has 1 atom stereocenters. The largest absolute Gasteiger partial charge is 0.351 e. The normalized spacial score (nSPS) is 14.1. The Morgan fingerprint density at radius 2 is 1.91 bits per heavy atom. The van der Waals surface area contributed by atoms with E-state index in [0.717, 1.165) is 0 Å². The van der Waals surface area contributed by atoms with Gasteiger partial charge in [0, 0.05) is 14.2 Å². The van der Waals surface area contributed by atoms with Gasteiger partial charge in [0.25, 0.3) is 0 Å². The molecule has 0 spiro atoms. The van der Waals surface area contributed by atoms with Crippen LogP contribution in [-0.2, 0) is 18.4 Å². The molecule has 0 saturated heterocycles. The quantitative estimate of drug-likeness (QED) is 0.497. The summed E-state index contributed by atoms with van der Waals surface area (Å²) in [5, 5.41) is 2.29. The van der Waals surface area contributed by atoms with E-state index in [4.69, 9.17) is 0 Å². The number of hydrogen-bond donors (Lipinski definition) is 1. The second-order valence-corrected chi connectivity index (χ2v) is 4.45. The molecule has 6 heteroatoms. The van der Waals surface area contributed by atoms with Crippen molar-refractivity contribution in [1.29, 1.82) is 0 Å². The van der Waals surface area contributed by atoms with Gasteiger partial charge in [-0.15, -0.1) is 0 Å². The fourth-order valence-corrected chi connectivity index (χ4v) is 1.61. The molecule has 1 unspecified atom stereocenters. The second kappa shape index (κ2) is 4.49. The molecular weight excluding hydrogens is 169 g/mol. The molecule has 0 radical (unpaired) electrons. The predicted molar refractivity (Wildman–Crippen MR) is 40.3 cm³/mol. The molecule has 66 valence electrons. The van der Waals surface area contributed by atoms with E-state index in [2.05, 4.69) is 14.4 Å². The lowest BCUT2D eigenvalue weighted by Crippen LogP contribution is -2.25. The number of nitrogens with one attached hydrogen (secondary N) is 1. The van der Waals surface area contributed by atoms with Crippen molar-refractivity contribution in [3.8, 4) is 0 Å². The van der Waals surface area contributed by atoms with Crippen LogP contribution in [0.25, 0.3) is 0 Å². The van der Waals surface area contributed by atoms with Crippen LogP contribution in [0, 0.1) is 0 Å². The zero-order valence-corrected chi connectivity index (χ0v) is 7.63. The highest BCUT2D eigenvalue weighted by Gasteiger charge is 2.29. The molecule has 0 aromatic heterocycles. The number of hydrogen-bond acceptors (Lipinski definition) is 4. The van der Waals surface area contributed by atoms with Crippen molar-refractivity contribution in [3.05, 3.63) is 0 Å². The Bertz CT molecular complexity index is 164. The van der Waals surface area contributed by atoms with Crippen LogP contribution in [0.3, 0.4) is 0 Å². The van der Waals surface area contributed by atoms with E-state index >= 15 is 0 Å². The zero-order valence-electron chi connectivity index (χ0n) is 6.73. The highest BCUT2D eigenvalue weighted by Crippen LogP contribution is 2.49. The molecule has 1 N–H and O–H groups in total. The fourth-order valence-electron chi connectivity index (χ4n) is 0.581. The summed E-state index contributed by atoms with van der Waals surface area (Å²) in [5.74, 6) is -0.616. The van der Waals surface area contributed by atoms with E-state index in [1.165, 1.54) is 14.2 Å². The van der Waals surface area contributed by atoms with E-state index in [1.807, 2.05) is 0 Å². The van der Waals surface area contributed by atoms with E-state index in [-0.39, 0.29) is 0 Å². The SMILES string of the molecule is COP(=O)(OC)C(C)NC=O. The summed E-state index contributed by atoms with van der Waals surface area (Å²) >= 11 is 0. The van der Waals surface area contributed by atoms with E-state index < -0.39 is 13.4 Å². The van der Waals surface area contributed by atoms with Crippen molar-refractivity contribution in [2.24, 2.45) is 0 Å². The third-order valence-corrected chi connectivity index (χ3v) is 3.41. The first kappa shape index (κ1) is 10.6. The summed E-state index contributed by atoms with van der Waals surface area (Å²) in [6.45, 7) is 1.54. The summed E-state index contributed by atoms with van der Waals surface area (Å²) in [5.41, 5.74) is 0. The van der Waals surface area contributed by atoms with Crippen LogP contribution in [0.15, 0.2) is 0 Å². The van der Waals surface area contributed by atoms with Crippen molar-refractivity contribution < 1.29 is 18.4 Å². The summed E-state index contributed by atoms with van der Waals surface area (Å²) < 4.78 is 20.6. The molecule has 0 fully saturated rings. The minimum atomic E-state index is -3.13. The highest BCUT2D eigenvalue weighted by atomic mass is 31.2. The monoisotopic (exact) mass is 181 g/mol. The Morgan fingerprint density at radius 3 is 2.18 bits per heavy atom. The lowest BCUT2D eigenvalue weighted by molar-refractivity contribution is -0.109. The predicted octanol–water partition coefficient (Wildman–Crippen LogP) is 0.564. The minimum Gasteiger partial charge on any atom is -0.345 e. The molecule has 0 aromatic rings. The first-order valence-corrected chi connectivity index (χ1v) is 4.62. The van der Waals surface area contributed by atoms with Gasteiger partial charge in [-0.25, -0.2) is 0 Å². The van der Waals surface area contributed by atoms with E-state index in [9.17, 15) is 9.36 Å². The van der Waals surface area contributed by atoms with E-state index in [0.29, 0.717) is 6.41 Å². The van der Waals surface area contributed by atoms with Crippen LogP contribution in [0.2, 0.25) is 0 Å². The Balaban J connectivity index is 4.24. The fraction of sp³-hybridized carbons (Fsp3) is 0.800. The van der Waals surface area contributed by atoms with Crippen LogP contribution < -0.4 is 5.32 Å². The van der Waals surface area contributed by atoms with Gasteiger partial charge >= 0.3 is 7.60 Å². The standard InChI is InChI=1S/C5H12NO4P/c1-5(6-4-7)11(8,9-2)10-3/h4-5H,1-3H3,(H,6,7). The minimum absolute atomic E-state index is 0.454. The summed E-state index contributed by atoms with van der Waals surface area (Å²) in [6.07, 6.45) is 0.454. The summed E-state index contributed by atoms with van der Waals surface area (Å²) in [7, 11) is -0.589. The summed E-state index contributed by atoms with van der Waals surface area (Å²) in [6, 6.07) is 0. The average Bonchev–Trinajstić information content (AvgIpc) is 2.03. The lowest BCUT2D eigenvalue weighted by Gasteiger charge is -2.19. The van der Waals surface area contributed by atoms with Gasteiger partial charge in [0.2, 0.25) is 6.41 Å². The molecule has 0 heterocycles. The third kappa shape index (κ3) is 2.61. The first-order valence-electron chi connectivity index (χ1n) is 3.01. The zero-order chi connectivity index (χ0) is 8.91. The summed E-state index contributed by atoms with van der Waals surface area (Å²) in [4.78, 5) is 9.95. The molecule has 0 aromatic carbocycles. The highest BCUT2D eigenvalue weighted by molar-refractivity contribution is 7.54. The van der Waals surface area contributed by atoms with E-state index in [1.54, 1.807) is 6.92 Å². The van der Waals surface area contributed by atoms with Gasteiger partial charge in [-0.05, 0) is 6.92 Å². The second-order valence-electron chi connectivity index (χ2n) is 1.87. The molecule has 0 aliphatic heterocycles. The molecule has 11 heavy (non-hydrogen) atoms. The van der Waals surface area contributed by atoms with Crippen LogP contribution in [0.5, 0.6) is 0 Å². The van der Waals surface area contributed by atoms with Crippen molar-refractivity contribution in [3.63, 3.8) is 0 Å². The van der Waals surface area contributed by atoms with Crippen molar-refractivity contribution in [1.82, 2.24) is 5.32 Å². The maximum atomic E-state index is 11.4. The average molecular weight is 181 g/mol. The van der Waals surface area contributed by atoms with Crippen LogP contribution in [0.4, 0.5) is 0 Å². The number of carbonyl (C=O) groups excluding carboxylic acids is 1. The molecule has 0 aliphatic carbocycles. The molecule has 0 saturated carbocycles. The van der Waals surface area contributed by atoms with Crippen molar-refractivity contribution in [2.45, 2.75) is 12.7 Å². The molecule has 1 amide bonds. The van der Waals surface area contributed by atoms with Gasteiger partial charge in [-0.1, -0.05) is 0 Å². The number of carbonyl (C=O) groups is 1. The molecular formula is C5H12NO4P. The van der Waals surface area contributed by atoms with Crippen LogP contribution in [-0.4, -0.2) is 26.4 Å². The van der Waals surface area contributed by atoms with Crippen LogP contribution >= 0.6 is 7.60 Å². The first-order chi connectivity index (χ1) is 5.10. The molecule has 0 rings (SSSR count). The topological polar surface area (TPSA) is 64.6 Å². The maximum absolute atomic E-state index is 11.4. The van der Waals surface area contributed by atoms with Gasteiger partial charge in [-0.3, -0.25) is 9.36 Å². The van der Waals surface area contributed by atoms with Gasteiger partial charge in [0.15, 0.2) is 0 Å². The smallest absolute Gasteiger partial charge is 0.345 e. The number of amides is 1. The Morgan fingerprint density at radius 1 is 1.45 bits per heavy atom. The van der Waals surface area contributed by atoms with Gasteiger partial charge in [0.05, 0.1) is 0 Å². The number of rotatable bonds is 5. The van der Waals surface area contributed by atoms with Gasteiger partial charge in [-0.2, -0.15) is 0 Å². The van der Waals surface area contributed by atoms with Gasteiger partial charge in [0.1, 0.15) is 5.78 Å². The van der Waals surface area contributed by atoms with Crippen molar-refractivity contribution >= 4 is 14.0 Å². The van der Waals surface area contributed by atoms with Crippen LogP contribution in [0.1, 0.15) is 6.92 Å².